The number of nitrogens with one attached hydrogen (secondary N) is 1. The van der Waals surface area contributed by atoms with Gasteiger partial charge in [0, 0.05) is 19.0 Å². The highest BCUT2D eigenvalue weighted by molar-refractivity contribution is 5.96. The number of aromatic nitrogens is 1. The number of carbonyl (C=O) groups is 3. The lowest BCUT2D eigenvalue weighted by Gasteiger charge is -2.33. The maximum atomic E-state index is 12.6. The lowest BCUT2D eigenvalue weighted by molar-refractivity contribution is -0.308. The number of ether oxygens (including phenoxy) is 1. The molecule has 0 radical (unpaired) electrons. The lowest BCUT2D eigenvalue weighted by atomic mass is 9.91. The average Bonchev–Trinajstić information content (AvgIpc) is 3.38. The summed E-state index contributed by atoms with van der Waals surface area (Å²) in [5, 5.41) is 2.63. The number of hydrogen-bond acceptors (Lipinski definition) is 5. The van der Waals surface area contributed by atoms with Gasteiger partial charge in [-0.25, -0.2) is 9.78 Å². The molecule has 1 aliphatic heterocycles. The van der Waals surface area contributed by atoms with Crippen LogP contribution in [-0.4, -0.2) is 59.3 Å². The number of halogens is 6. The van der Waals surface area contributed by atoms with Gasteiger partial charge in [-0.1, -0.05) is 0 Å². The van der Waals surface area contributed by atoms with Crippen LogP contribution in [0, 0.1) is 11.3 Å². The second-order valence-corrected chi connectivity index (χ2v) is 7.74. The standard InChI is InChI=1S/C18H18F6N4O4/c19-17(20,21)14(18(22,23)24)32-15(31)28-5-3-16(4-6-28)7-10(16)13(30)27-9-1-2-11(12(25)29)26-8-9/h1-2,8,10,14H,3-7H2,(H2,25,29)(H,27,30)/t10-/m1/s1. The number of nitrogens with zero attached hydrogens (tertiary/aromatic N) is 2. The fourth-order valence-corrected chi connectivity index (χ4v) is 3.74. The highest BCUT2D eigenvalue weighted by atomic mass is 19.4. The molecule has 1 saturated heterocycles. The van der Waals surface area contributed by atoms with Crippen molar-refractivity contribution >= 4 is 23.6 Å². The van der Waals surface area contributed by atoms with Crippen LogP contribution in [0.1, 0.15) is 29.8 Å². The molecule has 2 fully saturated rings. The average molecular weight is 468 g/mol. The van der Waals surface area contributed by atoms with Gasteiger partial charge in [-0.15, -0.1) is 0 Å². The number of primary amides is 1. The molecule has 1 atom stereocenters. The summed E-state index contributed by atoms with van der Waals surface area (Å²) in [6, 6.07) is 2.77. The van der Waals surface area contributed by atoms with Crippen LogP contribution in [0.2, 0.25) is 0 Å². The van der Waals surface area contributed by atoms with Gasteiger partial charge in [-0.05, 0) is 36.8 Å². The number of alkyl halides is 6. The Balaban J connectivity index is 1.53. The molecule has 0 bridgehead atoms. The van der Waals surface area contributed by atoms with E-state index in [1.54, 1.807) is 0 Å². The molecule has 2 aliphatic rings. The summed E-state index contributed by atoms with van der Waals surface area (Å²) in [5.74, 6) is -1.51. The summed E-state index contributed by atoms with van der Waals surface area (Å²) in [6.07, 6.45) is -15.3. The van der Waals surface area contributed by atoms with E-state index in [9.17, 15) is 40.7 Å². The fourth-order valence-electron chi connectivity index (χ4n) is 3.74. The maximum Gasteiger partial charge on any atom is 0.434 e. The molecule has 2 heterocycles. The third kappa shape index (κ3) is 5.05. The van der Waals surface area contributed by atoms with Gasteiger partial charge in [-0.3, -0.25) is 9.59 Å². The Morgan fingerprint density at radius 1 is 1.12 bits per heavy atom. The number of pyridine rings is 1. The SMILES string of the molecule is NC(=O)c1ccc(NC(=O)[C@H]2CC23CCN(C(=O)OC(C(F)(F)F)C(F)(F)F)CC3)cn1. The quantitative estimate of drug-likeness (QED) is 0.660. The lowest BCUT2D eigenvalue weighted by Crippen LogP contribution is -2.49. The highest BCUT2D eigenvalue weighted by Crippen LogP contribution is 2.59. The fraction of sp³-hybridized carbons (Fsp3) is 0.556. The van der Waals surface area contributed by atoms with Crippen LogP contribution in [0.3, 0.4) is 0 Å². The Hall–Kier alpha value is -3.06. The Morgan fingerprint density at radius 3 is 2.19 bits per heavy atom. The smallest absolute Gasteiger partial charge is 0.426 e. The number of rotatable bonds is 4. The molecule has 1 aromatic heterocycles. The van der Waals surface area contributed by atoms with Gasteiger partial charge in [-0.2, -0.15) is 26.3 Å². The molecule has 3 amide bonds. The summed E-state index contributed by atoms with van der Waals surface area (Å²) in [4.78, 5) is 39.9. The van der Waals surface area contributed by atoms with Crippen LogP contribution in [-0.2, 0) is 9.53 Å². The number of piperidine rings is 1. The van der Waals surface area contributed by atoms with Crippen molar-refractivity contribution in [2.24, 2.45) is 17.1 Å². The molecule has 1 saturated carbocycles. The molecule has 3 N–H and O–H groups in total. The summed E-state index contributed by atoms with van der Waals surface area (Å²) in [6.45, 7) is -0.278. The molecule has 32 heavy (non-hydrogen) atoms. The second-order valence-electron chi connectivity index (χ2n) is 7.74. The Morgan fingerprint density at radius 2 is 1.72 bits per heavy atom. The Kier molecular flexibility index (Phi) is 6.00. The number of hydrogen-bond donors (Lipinski definition) is 2. The molecule has 0 aromatic carbocycles. The normalized spacial score (nSPS) is 20.2. The number of amides is 3. The van der Waals surface area contributed by atoms with Gasteiger partial charge in [0.1, 0.15) is 5.69 Å². The minimum Gasteiger partial charge on any atom is -0.426 e. The van der Waals surface area contributed by atoms with Gasteiger partial charge >= 0.3 is 18.4 Å². The minimum atomic E-state index is -5.78. The minimum absolute atomic E-state index is 0.0171. The first-order valence-corrected chi connectivity index (χ1v) is 9.39. The Bertz CT molecular complexity index is 880. The number of nitrogens with two attached hydrogens (primary N) is 1. The van der Waals surface area contributed by atoms with Crippen LogP contribution in [0.4, 0.5) is 36.8 Å². The molecule has 1 aromatic rings. The highest BCUT2D eigenvalue weighted by Gasteiger charge is 2.61. The second kappa shape index (κ2) is 8.13. The van der Waals surface area contributed by atoms with Gasteiger partial charge in [0.2, 0.25) is 5.91 Å². The molecule has 1 spiro atoms. The first-order valence-electron chi connectivity index (χ1n) is 9.39. The third-order valence-electron chi connectivity index (χ3n) is 5.62. The van der Waals surface area contributed by atoms with Crippen LogP contribution < -0.4 is 11.1 Å². The van der Waals surface area contributed by atoms with E-state index < -0.39 is 41.8 Å². The molecule has 3 rings (SSSR count). The molecule has 14 heteroatoms. The largest absolute Gasteiger partial charge is 0.434 e. The maximum absolute atomic E-state index is 12.6. The van der Waals surface area contributed by atoms with E-state index in [0.717, 1.165) is 4.90 Å². The monoisotopic (exact) mass is 468 g/mol. The van der Waals surface area contributed by atoms with E-state index in [-0.39, 0.29) is 37.5 Å². The predicted octanol–water partition coefficient (Wildman–Crippen LogP) is 2.85. The van der Waals surface area contributed by atoms with Gasteiger partial charge in [0.05, 0.1) is 11.9 Å². The first kappa shape index (κ1) is 23.6. The van der Waals surface area contributed by atoms with E-state index >= 15 is 0 Å². The van der Waals surface area contributed by atoms with E-state index in [4.69, 9.17) is 5.73 Å². The number of anilines is 1. The van der Waals surface area contributed by atoms with Gasteiger partial charge in [0.15, 0.2) is 0 Å². The van der Waals surface area contributed by atoms with E-state index in [0.29, 0.717) is 12.1 Å². The molecule has 0 unspecified atom stereocenters. The van der Waals surface area contributed by atoms with Crippen molar-refractivity contribution in [3.05, 3.63) is 24.0 Å². The van der Waals surface area contributed by atoms with Crippen molar-refractivity contribution in [2.45, 2.75) is 37.7 Å². The number of likely N-dealkylation sites (tertiary alicyclic amines) is 1. The topological polar surface area (TPSA) is 115 Å². The zero-order valence-electron chi connectivity index (χ0n) is 16.3. The van der Waals surface area contributed by atoms with E-state index in [2.05, 4.69) is 15.0 Å². The third-order valence-corrected chi connectivity index (χ3v) is 5.62. The van der Waals surface area contributed by atoms with Crippen LogP contribution in [0.25, 0.3) is 0 Å². The van der Waals surface area contributed by atoms with Gasteiger partial charge < -0.3 is 20.7 Å². The Labute approximate surface area is 177 Å². The predicted molar refractivity (Wildman–Crippen MR) is 95.1 cm³/mol. The van der Waals surface area contributed by atoms with Crippen LogP contribution >= 0.6 is 0 Å². The van der Waals surface area contributed by atoms with Crippen molar-refractivity contribution in [1.82, 2.24) is 9.88 Å². The van der Waals surface area contributed by atoms with E-state index in [1.165, 1.54) is 18.3 Å². The molecule has 1 aliphatic carbocycles. The van der Waals surface area contributed by atoms with Crippen LogP contribution in [0.5, 0.6) is 0 Å². The van der Waals surface area contributed by atoms with Crippen molar-refractivity contribution < 1.29 is 45.5 Å². The van der Waals surface area contributed by atoms with Crippen molar-refractivity contribution in [3.63, 3.8) is 0 Å². The zero-order valence-corrected chi connectivity index (χ0v) is 16.3. The summed E-state index contributed by atoms with van der Waals surface area (Å²) >= 11 is 0. The van der Waals surface area contributed by atoms with Crippen molar-refractivity contribution in [2.75, 3.05) is 18.4 Å². The van der Waals surface area contributed by atoms with E-state index in [1.807, 2.05) is 0 Å². The van der Waals surface area contributed by atoms with Crippen molar-refractivity contribution in [3.8, 4) is 0 Å². The summed E-state index contributed by atoms with van der Waals surface area (Å²) in [7, 11) is 0. The molecular weight excluding hydrogens is 450 g/mol. The van der Waals surface area contributed by atoms with Crippen LogP contribution in [0.15, 0.2) is 18.3 Å². The zero-order chi connectivity index (χ0) is 23.9. The molecule has 8 nitrogen and oxygen atoms in total. The van der Waals surface area contributed by atoms with Gasteiger partial charge in [0.25, 0.3) is 12.0 Å². The molecule has 176 valence electrons. The summed E-state index contributed by atoms with van der Waals surface area (Å²) < 4.78 is 79.1. The number of carbonyl (C=O) groups excluding carboxylic acids is 3. The molecular formula is C18H18F6N4O4. The first-order chi connectivity index (χ1) is 14.7. The summed E-state index contributed by atoms with van der Waals surface area (Å²) in [5.41, 5.74) is 4.93. The van der Waals surface area contributed by atoms with Crippen molar-refractivity contribution in [1.29, 1.82) is 0 Å².